The minimum Gasteiger partial charge on any atom is -0.460 e. The normalized spacial score (nSPS) is 16.5. The van der Waals surface area contributed by atoms with Crippen molar-refractivity contribution in [2.75, 3.05) is 0 Å². The lowest BCUT2D eigenvalue weighted by molar-refractivity contribution is 0.491. The first-order chi connectivity index (χ1) is 23.3. The Morgan fingerprint density at radius 3 is 1.66 bits per heavy atom. The van der Waals surface area contributed by atoms with Gasteiger partial charge in [0, 0.05) is 39.5 Å². The lowest BCUT2D eigenvalue weighted by atomic mass is 9.76. The molecule has 2 aliphatic carbocycles. The Kier molecular flexibility index (Phi) is 6.57. The number of hydrogen-bond acceptors (Lipinski definition) is 4. The summed E-state index contributed by atoms with van der Waals surface area (Å²) in [5.41, 5.74) is 9.48. The fraction of sp³-hybridized carbons (Fsp3) is 0.0465. The third-order valence-electron chi connectivity index (χ3n) is 9.08. The van der Waals surface area contributed by atoms with E-state index in [1.54, 1.807) is 0 Å². The standard InChI is InChI=1S/C43H29N3O/c1-4-12-28(13-5-1)29-20-22-32(23-21-29)42-44-41(31-16-8-3-9-17-31)45-43(46-42)34-24-25-38-37(27-34)39-36(30-14-6-2-7-15-30)26-33-18-10-11-19-35(33)40(39)47-38/h1-27,33,35H. The first kappa shape index (κ1) is 27.2. The van der Waals surface area contributed by atoms with Gasteiger partial charge in [-0.15, -0.1) is 0 Å². The summed E-state index contributed by atoms with van der Waals surface area (Å²) in [7, 11) is 0. The molecular weight excluding hydrogens is 574 g/mol. The largest absolute Gasteiger partial charge is 0.460 e. The lowest BCUT2D eigenvalue weighted by Crippen LogP contribution is -2.15. The summed E-state index contributed by atoms with van der Waals surface area (Å²) in [5, 5.41) is 1.06. The molecule has 47 heavy (non-hydrogen) atoms. The van der Waals surface area contributed by atoms with E-state index in [0.29, 0.717) is 17.5 Å². The van der Waals surface area contributed by atoms with E-state index in [9.17, 15) is 0 Å². The lowest BCUT2D eigenvalue weighted by Gasteiger charge is -2.27. The van der Waals surface area contributed by atoms with Crippen molar-refractivity contribution in [1.82, 2.24) is 15.0 Å². The molecule has 2 heterocycles. The molecule has 2 atom stereocenters. The summed E-state index contributed by atoms with van der Waals surface area (Å²) in [6.07, 6.45) is 11.1. The van der Waals surface area contributed by atoms with Gasteiger partial charge in [-0.2, -0.15) is 0 Å². The summed E-state index contributed by atoms with van der Waals surface area (Å²) in [6.45, 7) is 0. The number of furan rings is 1. The van der Waals surface area contributed by atoms with E-state index in [0.717, 1.165) is 44.5 Å². The van der Waals surface area contributed by atoms with Gasteiger partial charge in [-0.3, -0.25) is 0 Å². The molecule has 0 N–H and O–H groups in total. The minimum atomic E-state index is 0.158. The van der Waals surface area contributed by atoms with E-state index >= 15 is 0 Å². The first-order valence-electron chi connectivity index (χ1n) is 16.0. The van der Waals surface area contributed by atoms with Gasteiger partial charge in [0.05, 0.1) is 0 Å². The maximum absolute atomic E-state index is 6.66. The molecule has 7 aromatic rings. The van der Waals surface area contributed by atoms with Gasteiger partial charge in [0.25, 0.3) is 0 Å². The summed E-state index contributed by atoms with van der Waals surface area (Å²) >= 11 is 0. The molecule has 0 amide bonds. The number of aromatic nitrogens is 3. The van der Waals surface area contributed by atoms with Crippen LogP contribution in [0.4, 0.5) is 0 Å². The second-order valence-corrected chi connectivity index (χ2v) is 12.0. The van der Waals surface area contributed by atoms with Crippen molar-refractivity contribution in [3.8, 4) is 45.3 Å². The Balaban J connectivity index is 1.20. The third-order valence-corrected chi connectivity index (χ3v) is 9.08. The number of allylic oxidation sites excluding steroid dienone is 5. The van der Waals surface area contributed by atoms with Gasteiger partial charge in [0.1, 0.15) is 11.3 Å². The van der Waals surface area contributed by atoms with E-state index in [4.69, 9.17) is 19.4 Å². The molecule has 0 saturated heterocycles. The van der Waals surface area contributed by atoms with Gasteiger partial charge >= 0.3 is 0 Å². The molecule has 4 heteroatoms. The number of fused-ring (bicyclic) bond motifs is 5. The molecule has 0 spiro atoms. The smallest absolute Gasteiger partial charge is 0.164 e. The zero-order valence-corrected chi connectivity index (χ0v) is 25.5. The van der Waals surface area contributed by atoms with Crippen LogP contribution < -0.4 is 0 Å². The van der Waals surface area contributed by atoms with Gasteiger partial charge in [-0.1, -0.05) is 146 Å². The molecule has 4 nitrogen and oxygen atoms in total. The number of rotatable bonds is 5. The van der Waals surface area contributed by atoms with Crippen LogP contribution in [0.3, 0.4) is 0 Å². The highest BCUT2D eigenvalue weighted by Crippen LogP contribution is 2.48. The van der Waals surface area contributed by atoms with E-state index < -0.39 is 0 Å². The predicted molar refractivity (Wildman–Crippen MR) is 189 cm³/mol. The van der Waals surface area contributed by atoms with E-state index in [-0.39, 0.29) is 11.8 Å². The quantitative estimate of drug-likeness (QED) is 0.196. The molecule has 2 aromatic heterocycles. The molecule has 222 valence electrons. The summed E-state index contributed by atoms with van der Waals surface area (Å²) in [5.74, 6) is 3.30. The maximum Gasteiger partial charge on any atom is 0.164 e. The average Bonchev–Trinajstić information content (AvgIpc) is 3.55. The highest BCUT2D eigenvalue weighted by atomic mass is 16.3. The Hall–Kier alpha value is -6.13. The van der Waals surface area contributed by atoms with E-state index in [1.807, 2.05) is 36.4 Å². The van der Waals surface area contributed by atoms with E-state index in [2.05, 4.69) is 127 Å². The predicted octanol–water partition coefficient (Wildman–Crippen LogP) is 10.6. The molecule has 9 rings (SSSR count). The van der Waals surface area contributed by atoms with Crippen LogP contribution in [0.5, 0.6) is 0 Å². The molecule has 5 aromatic carbocycles. The number of nitrogens with zero attached hydrogens (tertiary/aromatic N) is 3. The Bertz CT molecular complexity index is 2330. The van der Waals surface area contributed by atoms with Gasteiger partial charge in [-0.05, 0) is 40.5 Å². The number of hydrogen-bond donors (Lipinski definition) is 0. The van der Waals surface area contributed by atoms with Crippen LogP contribution in [0.25, 0.3) is 61.8 Å². The molecule has 2 unspecified atom stereocenters. The van der Waals surface area contributed by atoms with Crippen LogP contribution in [-0.4, -0.2) is 15.0 Å². The van der Waals surface area contributed by atoms with Crippen LogP contribution in [0, 0.1) is 5.92 Å². The summed E-state index contributed by atoms with van der Waals surface area (Å²) in [6, 6.07) is 45.8. The van der Waals surface area contributed by atoms with Crippen molar-refractivity contribution in [2.24, 2.45) is 5.92 Å². The van der Waals surface area contributed by atoms with Crippen LogP contribution >= 0.6 is 0 Å². The van der Waals surface area contributed by atoms with Crippen LogP contribution in [-0.2, 0) is 0 Å². The van der Waals surface area contributed by atoms with Crippen molar-refractivity contribution >= 4 is 16.5 Å². The highest BCUT2D eigenvalue weighted by molar-refractivity contribution is 6.00. The summed E-state index contributed by atoms with van der Waals surface area (Å²) in [4.78, 5) is 15.0. The third kappa shape index (κ3) is 4.91. The molecule has 2 aliphatic rings. The van der Waals surface area contributed by atoms with E-state index in [1.165, 1.54) is 16.7 Å². The Labute approximate surface area is 273 Å². The second-order valence-electron chi connectivity index (χ2n) is 12.0. The van der Waals surface area contributed by atoms with Crippen LogP contribution in [0.15, 0.2) is 168 Å². The van der Waals surface area contributed by atoms with Crippen LogP contribution in [0.1, 0.15) is 22.8 Å². The fourth-order valence-corrected chi connectivity index (χ4v) is 6.74. The Morgan fingerprint density at radius 2 is 0.979 bits per heavy atom. The molecular formula is C43H29N3O. The summed E-state index contributed by atoms with van der Waals surface area (Å²) < 4.78 is 6.66. The van der Waals surface area contributed by atoms with Crippen molar-refractivity contribution in [1.29, 1.82) is 0 Å². The topological polar surface area (TPSA) is 51.8 Å². The monoisotopic (exact) mass is 603 g/mol. The molecule has 0 bridgehead atoms. The molecule has 0 radical (unpaired) electrons. The van der Waals surface area contributed by atoms with Crippen LogP contribution in [0.2, 0.25) is 0 Å². The van der Waals surface area contributed by atoms with Crippen molar-refractivity contribution in [3.05, 3.63) is 181 Å². The SMILES string of the molecule is C1=CC2C=C(c3ccccc3)c3c(oc4ccc(-c5nc(-c6ccccc6)nc(-c6ccc(-c7ccccc7)cc6)n5)cc34)C2C=C1. The van der Waals surface area contributed by atoms with Gasteiger partial charge in [0.15, 0.2) is 17.5 Å². The molecule has 0 fully saturated rings. The maximum atomic E-state index is 6.66. The fourth-order valence-electron chi connectivity index (χ4n) is 6.74. The van der Waals surface area contributed by atoms with Crippen molar-refractivity contribution < 1.29 is 4.42 Å². The molecule has 0 saturated carbocycles. The zero-order valence-electron chi connectivity index (χ0n) is 25.5. The molecule has 0 aliphatic heterocycles. The zero-order chi connectivity index (χ0) is 31.2. The van der Waals surface area contributed by atoms with Crippen molar-refractivity contribution in [2.45, 2.75) is 5.92 Å². The van der Waals surface area contributed by atoms with Gasteiger partial charge in [-0.25, -0.2) is 15.0 Å². The minimum absolute atomic E-state index is 0.158. The Morgan fingerprint density at radius 1 is 0.468 bits per heavy atom. The van der Waals surface area contributed by atoms with Gasteiger partial charge in [0.2, 0.25) is 0 Å². The van der Waals surface area contributed by atoms with Gasteiger partial charge < -0.3 is 4.42 Å². The van der Waals surface area contributed by atoms with Crippen molar-refractivity contribution in [3.63, 3.8) is 0 Å². The first-order valence-corrected chi connectivity index (χ1v) is 16.0. The highest BCUT2D eigenvalue weighted by Gasteiger charge is 2.33. The number of benzene rings is 5. The average molecular weight is 604 g/mol. The second kappa shape index (κ2) is 11.3.